The number of aromatic hydroxyl groups is 1. The summed E-state index contributed by atoms with van der Waals surface area (Å²) in [6, 6.07) is 5.05. The van der Waals surface area contributed by atoms with Crippen LogP contribution in [0.15, 0.2) is 18.2 Å². The molecule has 0 aliphatic carbocycles. The average Bonchev–Trinajstić information content (AvgIpc) is 2.58. The van der Waals surface area contributed by atoms with Gasteiger partial charge in [-0.15, -0.1) is 0 Å². The molecular formula is C17H28BNO4. The van der Waals surface area contributed by atoms with Crippen molar-refractivity contribution in [2.45, 2.75) is 71.2 Å². The third kappa shape index (κ3) is 3.82. The number of benzene rings is 1. The van der Waals surface area contributed by atoms with Gasteiger partial charge in [-0.05, 0) is 66.7 Å². The lowest BCUT2D eigenvalue weighted by molar-refractivity contribution is 0.00578. The van der Waals surface area contributed by atoms with E-state index in [9.17, 15) is 5.11 Å². The number of nitrogens with two attached hydrogens (primary N) is 1. The predicted molar refractivity (Wildman–Crippen MR) is 91.5 cm³/mol. The van der Waals surface area contributed by atoms with E-state index in [2.05, 4.69) is 0 Å². The lowest BCUT2D eigenvalue weighted by Crippen LogP contribution is -2.41. The Bertz CT molecular complexity index is 564. The van der Waals surface area contributed by atoms with Crippen LogP contribution in [0.4, 0.5) is 0 Å². The van der Waals surface area contributed by atoms with Gasteiger partial charge in [-0.2, -0.15) is 0 Å². The van der Waals surface area contributed by atoms with Crippen molar-refractivity contribution in [3.63, 3.8) is 0 Å². The Labute approximate surface area is 139 Å². The molecule has 1 fully saturated rings. The Balaban J connectivity index is 2.26. The van der Waals surface area contributed by atoms with Gasteiger partial charge >= 0.3 is 7.12 Å². The standard InChI is InChI=1S/C17H28BNO4/c1-15(2,3)21-11-8-9-13(20)12(10-11)14(19)18-22-16(4,5)17(6,7)23-18/h8-10,14,20H,19H2,1-7H3/t14-/m1/s1. The number of rotatable bonds is 3. The third-order valence-corrected chi connectivity index (χ3v) is 4.35. The second kappa shape index (κ2) is 5.69. The van der Waals surface area contributed by atoms with Crippen LogP contribution < -0.4 is 10.5 Å². The molecule has 1 saturated heterocycles. The summed E-state index contributed by atoms with van der Waals surface area (Å²) in [4.78, 5) is 0. The molecule has 1 heterocycles. The number of ether oxygens (including phenoxy) is 1. The highest BCUT2D eigenvalue weighted by Gasteiger charge is 2.53. The molecule has 0 spiro atoms. The van der Waals surface area contributed by atoms with Gasteiger partial charge in [0.2, 0.25) is 0 Å². The maximum Gasteiger partial charge on any atom is 0.480 e. The molecule has 0 bridgehead atoms. The van der Waals surface area contributed by atoms with Crippen LogP contribution in [-0.2, 0) is 9.31 Å². The van der Waals surface area contributed by atoms with E-state index in [1.807, 2.05) is 48.5 Å². The number of phenols is 1. The molecule has 2 rings (SSSR count). The molecule has 1 aliphatic heterocycles. The average molecular weight is 321 g/mol. The van der Waals surface area contributed by atoms with Gasteiger partial charge in [0.15, 0.2) is 0 Å². The lowest BCUT2D eigenvalue weighted by Gasteiger charge is -2.32. The molecule has 1 aromatic rings. The van der Waals surface area contributed by atoms with Crippen LogP contribution in [0.2, 0.25) is 0 Å². The maximum absolute atomic E-state index is 10.2. The van der Waals surface area contributed by atoms with Crippen molar-refractivity contribution in [1.82, 2.24) is 0 Å². The van der Waals surface area contributed by atoms with Crippen LogP contribution >= 0.6 is 0 Å². The summed E-state index contributed by atoms with van der Waals surface area (Å²) >= 11 is 0. The topological polar surface area (TPSA) is 73.9 Å². The van der Waals surface area contributed by atoms with Crippen molar-refractivity contribution in [3.8, 4) is 11.5 Å². The zero-order chi connectivity index (χ0) is 17.6. The molecule has 0 unspecified atom stereocenters. The summed E-state index contributed by atoms with van der Waals surface area (Å²) < 4.78 is 17.8. The molecule has 1 atom stereocenters. The Morgan fingerprint density at radius 2 is 1.65 bits per heavy atom. The molecule has 6 heteroatoms. The third-order valence-electron chi connectivity index (χ3n) is 4.35. The molecule has 3 N–H and O–H groups in total. The molecule has 128 valence electrons. The van der Waals surface area contributed by atoms with Gasteiger partial charge in [0.25, 0.3) is 0 Å². The smallest absolute Gasteiger partial charge is 0.480 e. The normalized spacial score (nSPS) is 21.3. The van der Waals surface area contributed by atoms with Crippen molar-refractivity contribution < 1.29 is 19.2 Å². The molecule has 1 aliphatic rings. The Kier molecular flexibility index (Phi) is 4.48. The summed E-state index contributed by atoms with van der Waals surface area (Å²) in [5.74, 6) is 0.144. The van der Waals surface area contributed by atoms with Crippen molar-refractivity contribution >= 4 is 7.12 Å². The van der Waals surface area contributed by atoms with E-state index >= 15 is 0 Å². The van der Waals surface area contributed by atoms with Crippen molar-refractivity contribution in [2.24, 2.45) is 5.73 Å². The van der Waals surface area contributed by atoms with Gasteiger partial charge in [0.1, 0.15) is 17.1 Å². The SMILES string of the molecule is CC(C)(C)Oc1ccc(O)c([C@@H](N)B2OC(C)(C)C(C)(C)O2)c1. The van der Waals surface area contributed by atoms with Gasteiger partial charge in [-0.3, -0.25) is 0 Å². The minimum absolute atomic E-state index is 0.105. The largest absolute Gasteiger partial charge is 0.508 e. The van der Waals surface area contributed by atoms with Crippen LogP contribution in [-0.4, -0.2) is 29.0 Å². The summed E-state index contributed by atoms with van der Waals surface area (Å²) in [5.41, 5.74) is 5.59. The van der Waals surface area contributed by atoms with E-state index in [-0.39, 0.29) is 11.4 Å². The van der Waals surface area contributed by atoms with Gasteiger partial charge in [0.05, 0.1) is 17.1 Å². The summed E-state index contributed by atoms with van der Waals surface area (Å²) in [6.45, 7) is 13.8. The molecular weight excluding hydrogens is 293 g/mol. The van der Waals surface area contributed by atoms with E-state index in [0.29, 0.717) is 11.3 Å². The first-order chi connectivity index (χ1) is 10.3. The molecule has 1 aromatic carbocycles. The fraction of sp³-hybridized carbons (Fsp3) is 0.647. The van der Waals surface area contributed by atoms with E-state index in [1.54, 1.807) is 18.2 Å². The highest BCUT2D eigenvalue weighted by Crippen LogP contribution is 2.41. The Morgan fingerprint density at radius 1 is 1.13 bits per heavy atom. The number of hydrogen-bond donors (Lipinski definition) is 2. The first-order valence-electron chi connectivity index (χ1n) is 7.95. The molecule has 0 amide bonds. The van der Waals surface area contributed by atoms with Crippen molar-refractivity contribution in [2.75, 3.05) is 0 Å². The van der Waals surface area contributed by atoms with Crippen molar-refractivity contribution in [1.29, 1.82) is 0 Å². The fourth-order valence-corrected chi connectivity index (χ4v) is 2.40. The molecule has 0 aromatic heterocycles. The first kappa shape index (κ1) is 18.1. The number of hydrogen-bond acceptors (Lipinski definition) is 5. The second-order valence-corrected chi connectivity index (χ2v) is 8.09. The second-order valence-electron chi connectivity index (χ2n) is 8.09. The monoisotopic (exact) mass is 321 g/mol. The summed E-state index contributed by atoms with van der Waals surface area (Å²) in [6.07, 6.45) is 0. The van der Waals surface area contributed by atoms with Gasteiger partial charge in [0, 0.05) is 5.56 Å². The Hall–Kier alpha value is -1.24. The maximum atomic E-state index is 10.2. The molecule has 5 nitrogen and oxygen atoms in total. The van der Waals surface area contributed by atoms with Gasteiger partial charge in [-0.25, -0.2) is 0 Å². The molecule has 0 radical (unpaired) electrons. The fourth-order valence-electron chi connectivity index (χ4n) is 2.40. The van der Waals surface area contributed by atoms with Crippen LogP contribution in [0.3, 0.4) is 0 Å². The Morgan fingerprint density at radius 3 is 2.13 bits per heavy atom. The van der Waals surface area contributed by atoms with E-state index < -0.39 is 24.3 Å². The first-order valence-corrected chi connectivity index (χ1v) is 7.95. The lowest BCUT2D eigenvalue weighted by atomic mass is 9.74. The van der Waals surface area contributed by atoms with Crippen LogP contribution in [0.5, 0.6) is 11.5 Å². The minimum Gasteiger partial charge on any atom is -0.508 e. The highest BCUT2D eigenvalue weighted by molar-refractivity contribution is 6.47. The van der Waals surface area contributed by atoms with Crippen LogP contribution in [0.25, 0.3) is 0 Å². The van der Waals surface area contributed by atoms with Gasteiger partial charge in [-0.1, -0.05) is 0 Å². The predicted octanol–water partition coefficient (Wildman–Crippen LogP) is 3.20. The quantitative estimate of drug-likeness (QED) is 0.836. The van der Waals surface area contributed by atoms with E-state index in [0.717, 1.165) is 0 Å². The van der Waals surface area contributed by atoms with E-state index in [1.165, 1.54) is 0 Å². The van der Waals surface area contributed by atoms with Crippen molar-refractivity contribution in [3.05, 3.63) is 23.8 Å². The van der Waals surface area contributed by atoms with Crippen LogP contribution in [0, 0.1) is 0 Å². The molecule has 0 saturated carbocycles. The highest BCUT2D eigenvalue weighted by atomic mass is 16.7. The van der Waals surface area contributed by atoms with E-state index in [4.69, 9.17) is 19.8 Å². The minimum atomic E-state index is -0.629. The van der Waals surface area contributed by atoms with Gasteiger partial charge < -0.3 is 24.9 Å². The summed E-state index contributed by atoms with van der Waals surface area (Å²) in [7, 11) is -0.629. The molecule has 23 heavy (non-hydrogen) atoms. The summed E-state index contributed by atoms with van der Waals surface area (Å²) in [5, 5.41) is 10.2. The zero-order valence-electron chi connectivity index (χ0n) is 15.1. The number of phenolic OH excluding ortho intramolecular Hbond substituents is 1. The van der Waals surface area contributed by atoms with Crippen LogP contribution in [0.1, 0.15) is 60.0 Å². The zero-order valence-corrected chi connectivity index (χ0v) is 15.1.